The summed E-state index contributed by atoms with van der Waals surface area (Å²) in [6.07, 6.45) is -0.424. The van der Waals surface area contributed by atoms with Crippen molar-refractivity contribution in [1.82, 2.24) is 0 Å². The van der Waals surface area contributed by atoms with Crippen molar-refractivity contribution in [1.29, 1.82) is 0 Å². The predicted octanol–water partition coefficient (Wildman–Crippen LogP) is 2.54. The van der Waals surface area contributed by atoms with Crippen molar-refractivity contribution in [2.24, 2.45) is 0 Å². The van der Waals surface area contributed by atoms with E-state index in [9.17, 15) is 4.79 Å². The van der Waals surface area contributed by atoms with Crippen molar-refractivity contribution in [3.05, 3.63) is 35.9 Å². The Kier molecular flexibility index (Phi) is 7.28. The molecule has 3 nitrogen and oxygen atoms in total. The van der Waals surface area contributed by atoms with Gasteiger partial charge in [0.05, 0.1) is 0 Å². The molecule has 0 saturated carbocycles. The van der Waals surface area contributed by atoms with Gasteiger partial charge in [0, 0.05) is 14.0 Å². The Hall–Kier alpha value is -1.35. The van der Waals surface area contributed by atoms with E-state index in [1.165, 1.54) is 19.6 Å². The lowest BCUT2D eigenvalue weighted by molar-refractivity contribution is -0.166. The number of carbonyl (C=O) groups is 1. The Morgan fingerprint density at radius 2 is 1.80 bits per heavy atom. The van der Waals surface area contributed by atoms with Crippen molar-refractivity contribution < 1.29 is 14.3 Å². The van der Waals surface area contributed by atoms with E-state index in [1.54, 1.807) is 6.92 Å². The number of aryl methyl sites for hydroxylation is 1. The first-order valence-electron chi connectivity index (χ1n) is 4.78. The highest BCUT2D eigenvalue weighted by molar-refractivity contribution is 5.65. The molecule has 0 aromatic heterocycles. The minimum atomic E-state index is -0.424. The van der Waals surface area contributed by atoms with Gasteiger partial charge in [0.15, 0.2) is 6.29 Å². The second kappa shape index (κ2) is 8.00. The first-order valence-corrected chi connectivity index (χ1v) is 4.78. The third-order valence-electron chi connectivity index (χ3n) is 1.60. The highest BCUT2D eigenvalue weighted by Gasteiger charge is 1.99. The molecular formula is C12H18O3. The molecular weight excluding hydrogens is 192 g/mol. The Morgan fingerprint density at radius 3 is 2.00 bits per heavy atom. The van der Waals surface area contributed by atoms with Crippen LogP contribution in [-0.4, -0.2) is 19.4 Å². The molecule has 0 radical (unpaired) electrons. The fourth-order valence-electron chi connectivity index (χ4n) is 0.816. The second-order valence-electron chi connectivity index (χ2n) is 3.07. The molecule has 0 spiro atoms. The van der Waals surface area contributed by atoms with Gasteiger partial charge in [0.25, 0.3) is 0 Å². The molecule has 0 fully saturated rings. The highest BCUT2D eigenvalue weighted by atomic mass is 16.7. The molecule has 84 valence electrons. The number of hydrogen-bond donors (Lipinski definition) is 0. The molecule has 0 bridgehead atoms. The summed E-state index contributed by atoms with van der Waals surface area (Å²) in [7, 11) is 1.48. The zero-order chi connectivity index (χ0) is 11.7. The standard InChI is InChI=1S/C7H8.C5H10O3/c1-7-5-3-2-4-6-7;1-4(6)8-5(2)7-3/h2-6H,1H3;5H,1-3H3. The number of esters is 1. The Bertz CT molecular complexity index is 269. The predicted molar refractivity (Wildman–Crippen MR) is 59.4 cm³/mol. The number of carbonyl (C=O) groups excluding carboxylic acids is 1. The zero-order valence-electron chi connectivity index (χ0n) is 9.69. The third-order valence-corrected chi connectivity index (χ3v) is 1.60. The van der Waals surface area contributed by atoms with Crippen LogP contribution in [-0.2, 0) is 14.3 Å². The van der Waals surface area contributed by atoms with Gasteiger partial charge in [0.2, 0.25) is 0 Å². The van der Waals surface area contributed by atoms with Gasteiger partial charge in [-0.1, -0.05) is 35.9 Å². The molecule has 0 aliphatic carbocycles. The van der Waals surface area contributed by atoms with E-state index in [0.717, 1.165) is 0 Å². The number of benzene rings is 1. The SMILES string of the molecule is COC(C)OC(C)=O.Cc1ccccc1. The lowest BCUT2D eigenvalue weighted by Crippen LogP contribution is -2.13. The normalized spacial score (nSPS) is 10.9. The molecule has 1 aromatic rings. The molecule has 3 heteroatoms. The molecule has 1 rings (SSSR count). The zero-order valence-corrected chi connectivity index (χ0v) is 9.69. The van der Waals surface area contributed by atoms with E-state index in [0.29, 0.717) is 0 Å². The van der Waals surface area contributed by atoms with Crippen LogP contribution >= 0.6 is 0 Å². The van der Waals surface area contributed by atoms with Gasteiger partial charge in [-0.15, -0.1) is 0 Å². The van der Waals surface area contributed by atoms with Gasteiger partial charge in [0.1, 0.15) is 0 Å². The Balaban J connectivity index is 0.000000262. The molecule has 0 aliphatic heterocycles. The van der Waals surface area contributed by atoms with Crippen molar-refractivity contribution in [2.75, 3.05) is 7.11 Å². The fraction of sp³-hybridized carbons (Fsp3) is 0.417. The summed E-state index contributed by atoms with van der Waals surface area (Å²) in [4.78, 5) is 10.1. The average Bonchev–Trinajstić information content (AvgIpc) is 2.19. The molecule has 0 aliphatic rings. The number of rotatable bonds is 2. The summed E-state index contributed by atoms with van der Waals surface area (Å²) in [5.74, 6) is -0.320. The van der Waals surface area contributed by atoms with Crippen molar-refractivity contribution in [3.63, 3.8) is 0 Å². The van der Waals surface area contributed by atoms with Gasteiger partial charge < -0.3 is 9.47 Å². The van der Waals surface area contributed by atoms with Crippen molar-refractivity contribution in [2.45, 2.75) is 27.1 Å². The van der Waals surface area contributed by atoms with Crippen LogP contribution in [0.2, 0.25) is 0 Å². The number of methoxy groups -OCH3 is 1. The Morgan fingerprint density at radius 1 is 1.27 bits per heavy atom. The van der Waals surface area contributed by atoms with Gasteiger partial charge in [-0.2, -0.15) is 0 Å². The van der Waals surface area contributed by atoms with Crippen LogP contribution in [0, 0.1) is 6.92 Å². The van der Waals surface area contributed by atoms with Gasteiger partial charge in [-0.3, -0.25) is 4.79 Å². The molecule has 0 saturated heterocycles. The highest BCUT2D eigenvalue weighted by Crippen LogP contribution is 1.92. The molecule has 0 N–H and O–H groups in total. The van der Waals surface area contributed by atoms with Crippen molar-refractivity contribution >= 4 is 5.97 Å². The van der Waals surface area contributed by atoms with E-state index in [2.05, 4.69) is 28.5 Å². The number of hydrogen-bond acceptors (Lipinski definition) is 3. The first-order chi connectivity index (χ1) is 7.06. The van der Waals surface area contributed by atoms with E-state index in [-0.39, 0.29) is 5.97 Å². The van der Waals surface area contributed by atoms with E-state index < -0.39 is 6.29 Å². The summed E-state index contributed by atoms with van der Waals surface area (Å²) in [5, 5.41) is 0. The van der Waals surface area contributed by atoms with Crippen LogP contribution in [0.4, 0.5) is 0 Å². The topological polar surface area (TPSA) is 35.5 Å². The molecule has 15 heavy (non-hydrogen) atoms. The maximum Gasteiger partial charge on any atom is 0.304 e. The minimum Gasteiger partial charge on any atom is -0.436 e. The van der Waals surface area contributed by atoms with Crippen LogP contribution in [0.5, 0.6) is 0 Å². The lowest BCUT2D eigenvalue weighted by Gasteiger charge is -2.07. The maximum atomic E-state index is 10.1. The molecule has 1 unspecified atom stereocenters. The van der Waals surface area contributed by atoms with Gasteiger partial charge >= 0.3 is 5.97 Å². The molecule has 1 atom stereocenters. The van der Waals surface area contributed by atoms with Gasteiger partial charge in [-0.05, 0) is 13.8 Å². The summed E-state index contributed by atoms with van der Waals surface area (Å²) >= 11 is 0. The van der Waals surface area contributed by atoms with Gasteiger partial charge in [-0.25, -0.2) is 0 Å². The van der Waals surface area contributed by atoms with E-state index >= 15 is 0 Å². The summed E-state index contributed by atoms with van der Waals surface area (Å²) in [5.41, 5.74) is 1.32. The summed E-state index contributed by atoms with van der Waals surface area (Å²) < 4.78 is 9.16. The van der Waals surface area contributed by atoms with Crippen LogP contribution in [0.15, 0.2) is 30.3 Å². The summed E-state index contributed by atoms with van der Waals surface area (Å²) in [6.45, 7) is 5.08. The van der Waals surface area contributed by atoms with Crippen LogP contribution in [0.1, 0.15) is 19.4 Å². The van der Waals surface area contributed by atoms with E-state index in [4.69, 9.17) is 0 Å². The fourth-order valence-corrected chi connectivity index (χ4v) is 0.816. The van der Waals surface area contributed by atoms with E-state index in [1.807, 2.05) is 18.2 Å². The third kappa shape index (κ3) is 8.97. The van der Waals surface area contributed by atoms with Crippen LogP contribution in [0.25, 0.3) is 0 Å². The smallest absolute Gasteiger partial charge is 0.304 e. The van der Waals surface area contributed by atoms with Crippen LogP contribution < -0.4 is 0 Å². The molecule has 0 heterocycles. The largest absolute Gasteiger partial charge is 0.436 e. The minimum absolute atomic E-state index is 0.320. The van der Waals surface area contributed by atoms with Crippen LogP contribution in [0.3, 0.4) is 0 Å². The summed E-state index contributed by atoms with van der Waals surface area (Å²) in [6, 6.07) is 10.3. The Labute approximate surface area is 91.0 Å². The second-order valence-corrected chi connectivity index (χ2v) is 3.07. The maximum absolute atomic E-state index is 10.1. The van der Waals surface area contributed by atoms with Crippen molar-refractivity contribution in [3.8, 4) is 0 Å². The molecule has 0 amide bonds. The lowest BCUT2D eigenvalue weighted by atomic mass is 10.2. The monoisotopic (exact) mass is 210 g/mol. The first kappa shape index (κ1) is 13.7. The number of ether oxygens (including phenoxy) is 2. The average molecular weight is 210 g/mol. The molecule has 1 aromatic carbocycles. The quantitative estimate of drug-likeness (QED) is 0.556.